The van der Waals surface area contributed by atoms with Crippen molar-refractivity contribution in [2.45, 2.75) is 0 Å². The van der Waals surface area contributed by atoms with Crippen LogP contribution in [0.15, 0.2) is 17.9 Å². The monoisotopic (exact) mass is 503 g/mol. The van der Waals surface area contributed by atoms with E-state index in [1.807, 2.05) is 0 Å². The largest absolute Gasteiger partial charge is 3.00 e. The Labute approximate surface area is 140 Å². The molecule has 0 bridgehead atoms. The fourth-order valence-electron chi connectivity index (χ4n) is 1.02. The predicted molar refractivity (Wildman–Crippen MR) is 71.7 cm³/mol. The summed E-state index contributed by atoms with van der Waals surface area (Å²) in [6.07, 6.45) is 0. The van der Waals surface area contributed by atoms with Crippen molar-refractivity contribution in [2.75, 3.05) is 0 Å². The first-order chi connectivity index (χ1) is 7.29. The van der Waals surface area contributed by atoms with Crippen LogP contribution in [-0.2, 0) is 0 Å². The minimum Gasteiger partial charge on any atom is -0.545 e. The summed E-state index contributed by atoms with van der Waals surface area (Å²) >= 11 is 12.2. The molecule has 0 aliphatic carbocycles. The number of halogens is 4. The minimum absolute atomic E-state index is 0. The van der Waals surface area contributed by atoms with Gasteiger partial charge in [-0.1, -0.05) is 0 Å². The van der Waals surface area contributed by atoms with Crippen LogP contribution >= 0.6 is 63.7 Å². The van der Waals surface area contributed by atoms with Gasteiger partial charge in [-0.15, -0.1) is 0 Å². The van der Waals surface area contributed by atoms with Crippen LogP contribution in [0.2, 0.25) is 0 Å². The molecular formula is C8AlBr4O4+. The number of benzene rings is 1. The van der Waals surface area contributed by atoms with E-state index in [9.17, 15) is 19.8 Å². The zero-order chi connectivity index (χ0) is 12.6. The van der Waals surface area contributed by atoms with E-state index >= 15 is 0 Å². The molecule has 17 heavy (non-hydrogen) atoms. The van der Waals surface area contributed by atoms with Gasteiger partial charge in [0.25, 0.3) is 0 Å². The molecule has 1 aromatic carbocycles. The van der Waals surface area contributed by atoms with E-state index < -0.39 is 23.1 Å². The van der Waals surface area contributed by atoms with E-state index in [0.717, 1.165) is 0 Å². The number of carboxylic acids is 2. The van der Waals surface area contributed by atoms with Crippen molar-refractivity contribution in [2.24, 2.45) is 0 Å². The van der Waals surface area contributed by atoms with E-state index in [1.165, 1.54) is 0 Å². The second-order valence-corrected chi connectivity index (χ2v) is 5.75. The normalized spacial score (nSPS) is 9.65. The summed E-state index contributed by atoms with van der Waals surface area (Å²) in [6, 6.07) is 0. The van der Waals surface area contributed by atoms with Gasteiger partial charge in [0.05, 0.1) is 11.9 Å². The van der Waals surface area contributed by atoms with Crippen LogP contribution in [0.4, 0.5) is 0 Å². The van der Waals surface area contributed by atoms with Crippen LogP contribution in [0.3, 0.4) is 0 Å². The molecule has 0 N–H and O–H groups in total. The molecule has 0 heterocycles. The molecule has 0 aromatic heterocycles. The molecule has 0 aliphatic heterocycles. The first-order valence-corrected chi connectivity index (χ1v) is 6.74. The summed E-state index contributed by atoms with van der Waals surface area (Å²) in [5.74, 6) is -3.22. The van der Waals surface area contributed by atoms with Crippen LogP contribution in [0.25, 0.3) is 0 Å². The van der Waals surface area contributed by atoms with Crippen molar-refractivity contribution in [3.8, 4) is 0 Å². The Kier molecular flexibility index (Phi) is 6.93. The smallest absolute Gasteiger partial charge is 0.545 e. The van der Waals surface area contributed by atoms with Crippen LogP contribution in [0.5, 0.6) is 0 Å². The van der Waals surface area contributed by atoms with E-state index in [0.29, 0.717) is 8.95 Å². The average Bonchev–Trinajstić information content (AvgIpc) is 2.18. The van der Waals surface area contributed by atoms with Gasteiger partial charge in [-0.25, -0.2) is 0 Å². The summed E-state index contributed by atoms with van der Waals surface area (Å²) < 4.78 is 0.871. The Morgan fingerprint density at radius 2 is 0.941 bits per heavy atom. The van der Waals surface area contributed by atoms with Gasteiger partial charge < -0.3 is 19.8 Å². The minimum atomic E-state index is -1.61. The number of carbonyl (C=O) groups is 2. The molecule has 0 saturated heterocycles. The number of rotatable bonds is 2. The van der Waals surface area contributed by atoms with Gasteiger partial charge in [-0.2, -0.15) is 0 Å². The summed E-state index contributed by atoms with van der Waals surface area (Å²) in [5.41, 5.74) is -0.969. The maximum Gasteiger partial charge on any atom is 3.00 e. The quantitative estimate of drug-likeness (QED) is 0.342. The Morgan fingerprint density at radius 1 is 0.706 bits per heavy atom. The third-order valence-electron chi connectivity index (χ3n) is 1.68. The molecule has 0 aliphatic rings. The van der Waals surface area contributed by atoms with Gasteiger partial charge in [-0.05, 0) is 63.7 Å². The number of carbonyl (C=O) groups excluding carboxylic acids is 2. The predicted octanol–water partition coefficient (Wildman–Crippen LogP) is 1.08. The van der Waals surface area contributed by atoms with Crippen LogP contribution < -0.4 is 10.2 Å². The van der Waals surface area contributed by atoms with Crippen molar-refractivity contribution < 1.29 is 19.8 Å². The molecule has 0 saturated carbocycles. The third-order valence-corrected chi connectivity index (χ3v) is 6.44. The topological polar surface area (TPSA) is 80.3 Å². The van der Waals surface area contributed by atoms with Crippen molar-refractivity contribution >= 4 is 93.0 Å². The molecule has 0 fully saturated rings. The first-order valence-electron chi connectivity index (χ1n) is 3.57. The molecule has 0 spiro atoms. The maximum atomic E-state index is 10.9. The van der Waals surface area contributed by atoms with Gasteiger partial charge in [0, 0.05) is 29.0 Å². The third kappa shape index (κ3) is 3.34. The molecular weight excluding hydrogens is 507 g/mol. The Hall–Kier alpha value is 0.612. The summed E-state index contributed by atoms with van der Waals surface area (Å²) in [6.45, 7) is 0. The Bertz CT molecular complexity index is 458. The van der Waals surface area contributed by atoms with Crippen molar-refractivity contribution in [1.82, 2.24) is 0 Å². The Balaban J connectivity index is 0.00000256. The van der Waals surface area contributed by atoms with E-state index in [1.54, 1.807) is 0 Å². The maximum absolute atomic E-state index is 10.9. The Morgan fingerprint density at radius 3 is 1.12 bits per heavy atom. The molecule has 86 valence electrons. The summed E-state index contributed by atoms with van der Waals surface area (Å²) in [5, 5.41) is 21.7. The number of carboxylic acid groups (broad SMARTS) is 2. The first kappa shape index (κ1) is 17.6. The fraction of sp³-hybridized carbons (Fsp3) is 0. The van der Waals surface area contributed by atoms with E-state index in [-0.39, 0.29) is 26.3 Å². The molecule has 0 unspecified atom stereocenters. The number of aromatic carboxylic acids is 2. The van der Waals surface area contributed by atoms with Gasteiger partial charge >= 0.3 is 17.4 Å². The van der Waals surface area contributed by atoms with Crippen LogP contribution in [0, 0.1) is 0 Å². The SMILES string of the molecule is O=C([O-])c1c(Br)c(Br)c(Br)c(Br)c1C(=O)[O-].[Al+3]. The van der Waals surface area contributed by atoms with Crippen molar-refractivity contribution in [3.63, 3.8) is 0 Å². The van der Waals surface area contributed by atoms with Gasteiger partial charge in [-0.3, -0.25) is 0 Å². The zero-order valence-corrected chi connectivity index (χ0v) is 15.2. The molecule has 0 amide bonds. The molecule has 0 atom stereocenters. The second-order valence-electron chi connectivity index (χ2n) is 2.58. The van der Waals surface area contributed by atoms with Crippen molar-refractivity contribution in [1.29, 1.82) is 0 Å². The van der Waals surface area contributed by atoms with Crippen molar-refractivity contribution in [3.05, 3.63) is 29.0 Å². The summed E-state index contributed by atoms with van der Waals surface area (Å²) in [7, 11) is 0. The second kappa shape index (κ2) is 6.68. The molecule has 0 radical (unpaired) electrons. The van der Waals surface area contributed by atoms with Gasteiger partial charge in [0.2, 0.25) is 0 Å². The van der Waals surface area contributed by atoms with Crippen LogP contribution in [0.1, 0.15) is 20.7 Å². The molecule has 1 rings (SSSR count). The number of hydrogen-bond acceptors (Lipinski definition) is 4. The molecule has 1 aromatic rings. The molecule has 4 nitrogen and oxygen atoms in total. The van der Waals surface area contributed by atoms with E-state index in [2.05, 4.69) is 63.7 Å². The summed E-state index contributed by atoms with van der Waals surface area (Å²) in [4.78, 5) is 21.7. The van der Waals surface area contributed by atoms with E-state index in [4.69, 9.17) is 0 Å². The van der Waals surface area contributed by atoms with Gasteiger partial charge in [0.1, 0.15) is 0 Å². The molecule has 9 heteroatoms. The zero-order valence-electron chi connectivity index (χ0n) is 7.72. The van der Waals surface area contributed by atoms with Gasteiger partial charge in [0.15, 0.2) is 0 Å². The standard InChI is InChI=1S/C8H2Br4O4.Al/c9-3-1(7(13)14)2(8(15)16)4(10)6(12)5(3)11;/h(H,13,14)(H,15,16);/q;+3/p-2. The number of hydrogen-bond donors (Lipinski definition) is 0. The van der Waals surface area contributed by atoms with Crippen LogP contribution in [-0.4, -0.2) is 29.3 Å². The average molecular weight is 507 g/mol. The fourth-order valence-corrected chi connectivity index (χ4v) is 3.46.